The van der Waals surface area contributed by atoms with E-state index in [1.807, 2.05) is 27.7 Å². The van der Waals surface area contributed by atoms with E-state index in [0.717, 1.165) is 0 Å². The van der Waals surface area contributed by atoms with Gasteiger partial charge in [-0.05, 0) is 40.5 Å². The van der Waals surface area contributed by atoms with Crippen LogP contribution in [0.15, 0.2) is 0 Å². The molecule has 0 aromatic heterocycles. The molecule has 1 rings (SSSR count). The van der Waals surface area contributed by atoms with E-state index in [1.165, 1.54) is 5.06 Å². The topological polar surface area (TPSA) is 70.0 Å². The minimum Gasteiger partial charge on any atom is -0.481 e. The van der Waals surface area contributed by atoms with Gasteiger partial charge in [-0.1, -0.05) is 0 Å². The highest BCUT2D eigenvalue weighted by molar-refractivity contribution is 5.66. The van der Waals surface area contributed by atoms with Crippen LogP contribution in [0.2, 0.25) is 0 Å². The number of hydrogen-bond acceptors (Lipinski definition) is 4. The van der Waals surface area contributed by atoms with E-state index < -0.39 is 5.97 Å². The van der Waals surface area contributed by atoms with Crippen LogP contribution in [-0.2, 0) is 9.53 Å². The Hall–Kier alpha value is -0.650. The van der Waals surface area contributed by atoms with Crippen LogP contribution in [-0.4, -0.2) is 45.1 Å². The molecule has 1 aliphatic rings. The predicted molar refractivity (Wildman–Crippen MR) is 63.0 cm³/mol. The molecule has 1 heterocycles. The second kappa shape index (κ2) is 4.92. The molecule has 5 nitrogen and oxygen atoms in total. The molecule has 0 spiro atoms. The summed E-state index contributed by atoms with van der Waals surface area (Å²) in [5, 5.41) is 20.0. The summed E-state index contributed by atoms with van der Waals surface area (Å²) in [5.41, 5.74) is -0.703. The van der Waals surface area contributed by atoms with Crippen molar-refractivity contribution < 1.29 is 19.8 Å². The Labute approximate surface area is 102 Å². The number of carbonyl (C=O) groups is 1. The maximum atomic E-state index is 10.4. The number of hydrogen-bond donors (Lipinski definition) is 2. The largest absolute Gasteiger partial charge is 0.481 e. The zero-order valence-corrected chi connectivity index (χ0v) is 11.1. The fourth-order valence-corrected chi connectivity index (χ4v) is 2.61. The van der Waals surface area contributed by atoms with E-state index in [1.54, 1.807) is 0 Å². The van der Waals surface area contributed by atoms with E-state index in [9.17, 15) is 10.0 Å². The number of piperidine rings is 1. The summed E-state index contributed by atoms with van der Waals surface area (Å²) in [5.74, 6) is -0.844. The van der Waals surface area contributed by atoms with E-state index in [2.05, 4.69) is 0 Å². The monoisotopic (exact) mass is 245 g/mol. The van der Waals surface area contributed by atoms with Crippen molar-refractivity contribution >= 4 is 5.97 Å². The van der Waals surface area contributed by atoms with Crippen molar-refractivity contribution in [2.45, 2.75) is 64.1 Å². The molecule has 0 unspecified atom stereocenters. The summed E-state index contributed by atoms with van der Waals surface area (Å²) in [6.07, 6.45) is 1.43. The second-order valence-corrected chi connectivity index (χ2v) is 5.98. The molecule has 0 aromatic rings. The first-order chi connectivity index (χ1) is 7.65. The summed E-state index contributed by atoms with van der Waals surface area (Å²) < 4.78 is 5.59. The van der Waals surface area contributed by atoms with Gasteiger partial charge in [0.05, 0.1) is 19.1 Å². The van der Waals surface area contributed by atoms with Gasteiger partial charge in [-0.25, -0.2) is 0 Å². The number of aliphatic carboxylic acids is 1. The van der Waals surface area contributed by atoms with Gasteiger partial charge in [0.15, 0.2) is 0 Å². The minimum atomic E-state index is -0.844. The van der Waals surface area contributed by atoms with Crippen molar-refractivity contribution in [3.05, 3.63) is 0 Å². The van der Waals surface area contributed by atoms with Gasteiger partial charge in [0.25, 0.3) is 0 Å². The Morgan fingerprint density at radius 1 is 1.29 bits per heavy atom. The van der Waals surface area contributed by atoms with Crippen LogP contribution in [0.1, 0.15) is 47.0 Å². The highest BCUT2D eigenvalue weighted by Crippen LogP contribution is 2.37. The van der Waals surface area contributed by atoms with Crippen LogP contribution >= 0.6 is 0 Å². The van der Waals surface area contributed by atoms with Crippen LogP contribution in [0.3, 0.4) is 0 Å². The molecule has 0 aliphatic carbocycles. The zero-order chi connectivity index (χ0) is 13.3. The molecular weight excluding hydrogens is 222 g/mol. The second-order valence-electron chi connectivity index (χ2n) is 5.98. The third-order valence-electron chi connectivity index (χ3n) is 3.27. The third kappa shape index (κ3) is 3.66. The van der Waals surface area contributed by atoms with Gasteiger partial charge < -0.3 is 15.1 Å². The summed E-state index contributed by atoms with van der Waals surface area (Å²) in [6, 6.07) is 0. The molecule has 0 radical (unpaired) electrons. The van der Waals surface area contributed by atoms with E-state index in [4.69, 9.17) is 9.84 Å². The third-order valence-corrected chi connectivity index (χ3v) is 3.27. The molecule has 1 aliphatic heterocycles. The van der Waals surface area contributed by atoms with Crippen molar-refractivity contribution in [3.63, 3.8) is 0 Å². The quantitative estimate of drug-likeness (QED) is 0.791. The summed E-state index contributed by atoms with van der Waals surface area (Å²) in [4.78, 5) is 10.4. The zero-order valence-electron chi connectivity index (χ0n) is 11.1. The Bertz CT molecular complexity index is 270. The SMILES string of the molecule is CC1(C)CC(OCCC(=O)O)CC(C)(C)N1O. The minimum absolute atomic E-state index is 0.00255. The molecule has 17 heavy (non-hydrogen) atoms. The van der Waals surface area contributed by atoms with Gasteiger partial charge in [0, 0.05) is 11.1 Å². The summed E-state index contributed by atoms with van der Waals surface area (Å²) >= 11 is 0. The fraction of sp³-hybridized carbons (Fsp3) is 0.917. The maximum absolute atomic E-state index is 10.4. The van der Waals surface area contributed by atoms with Crippen molar-refractivity contribution in [2.24, 2.45) is 0 Å². The van der Waals surface area contributed by atoms with Gasteiger partial charge in [-0.15, -0.1) is 0 Å². The lowest BCUT2D eigenvalue weighted by molar-refractivity contribution is -0.261. The van der Waals surface area contributed by atoms with Crippen molar-refractivity contribution in [1.82, 2.24) is 5.06 Å². The van der Waals surface area contributed by atoms with Gasteiger partial charge in [-0.2, -0.15) is 5.06 Å². The molecule has 0 bridgehead atoms. The normalized spacial score (nSPS) is 24.8. The summed E-state index contributed by atoms with van der Waals surface area (Å²) in [6.45, 7) is 8.07. The highest BCUT2D eigenvalue weighted by Gasteiger charge is 2.45. The molecule has 2 N–H and O–H groups in total. The number of ether oxygens (including phenoxy) is 1. The smallest absolute Gasteiger partial charge is 0.305 e. The van der Waals surface area contributed by atoms with Crippen LogP contribution in [0.4, 0.5) is 0 Å². The van der Waals surface area contributed by atoms with E-state index in [-0.39, 0.29) is 30.2 Å². The first-order valence-corrected chi connectivity index (χ1v) is 5.98. The molecule has 5 heteroatoms. The molecular formula is C12H23NO4. The van der Waals surface area contributed by atoms with Crippen molar-refractivity contribution in [2.75, 3.05) is 6.61 Å². The molecule has 0 saturated carbocycles. The van der Waals surface area contributed by atoms with Crippen molar-refractivity contribution in [1.29, 1.82) is 0 Å². The highest BCUT2D eigenvalue weighted by atomic mass is 16.5. The van der Waals surface area contributed by atoms with Crippen molar-refractivity contribution in [3.8, 4) is 0 Å². The first kappa shape index (κ1) is 14.4. The first-order valence-electron chi connectivity index (χ1n) is 5.98. The maximum Gasteiger partial charge on any atom is 0.305 e. The van der Waals surface area contributed by atoms with Gasteiger partial charge in [0.1, 0.15) is 0 Å². The predicted octanol–water partition coefficient (Wildman–Crippen LogP) is 1.89. The lowest BCUT2D eigenvalue weighted by atomic mass is 9.80. The average Bonchev–Trinajstić information content (AvgIpc) is 2.12. The number of nitrogens with zero attached hydrogens (tertiary/aromatic N) is 1. The molecule has 1 saturated heterocycles. The lowest BCUT2D eigenvalue weighted by Crippen LogP contribution is -2.60. The Balaban J connectivity index is 2.56. The molecule has 0 aromatic carbocycles. The molecule has 0 amide bonds. The van der Waals surface area contributed by atoms with E-state index in [0.29, 0.717) is 12.8 Å². The standard InChI is InChI=1S/C12H23NO4/c1-11(2)7-9(17-6-5-10(14)15)8-12(3,4)13(11)16/h9,16H,5-8H2,1-4H3,(H,14,15). The van der Waals surface area contributed by atoms with Crippen LogP contribution in [0, 0.1) is 0 Å². The summed E-state index contributed by atoms with van der Waals surface area (Å²) in [7, 11) is 0. The van der Waals surface area contributed by atoms with Crippen LogP contribution < -0.4 is 0 Å². The number of rotatable bonds is 4. The number of carboxylic acid groups (broad SMARTS) is 1. The lowest BCUT2D eigenvalue weighted by Gasteiger charge is -2.51. The van der Waals surface area contributed by atoms with Crippen LogP contribution in [0.25, 0.3) is 0 Å². The molecule has 1 fully saturated rings. The van der Waals surface area contributed by atoms with Gasteiger partial charge in [-0.3, -0.25) is 4.79 Å². The fourth-order valence-electron chi connectivity index (χ4n) is 2.61. The van der Waals surface area contributed by atoms with Gasteiger partial charge in [0.2, 0.25) is 0 Å². The molecule has 100 valence electrons. The van der Waals surface area contributed by atoms with Gasteiger partial charge >= 0.3 is 5.97 Å². The number of hydroxylamine groups is 2. The van der Waals surface area contributed by atoms with E-state index >= 15 is 0 Å². The molecule has 0 atom stereocenters. The Kier molecular flexibility index (Phi) is 4.17. The Morgan fingerprint density at radius 3 is 2.18 bits per heavy atom. The Morgan fingerprint density at radius 2 is 1.76 bits per heavy atom. The average molecular weight is 245 g/mol. The number of carboxylic acids is 1. The van der Waals surface area contributed by atoms with Crippen LogP contribution in [0.5, 0.6) is 0 Å².